The lowest BCUT2D eigenvalue weighted by molar-refractivity contribution is 0.208. The monoisotopic (exact) mass is 353 g/mol. The van der Waals surface area contributed by atoms with Crippen LogP contribution < -0.4 is 15.0 Å². The predicted octanol–water partition coefficient (Wildman–Crippen LogP) is 4.00. The minimum atomic E-state index is -0.0164. The van der Waals surface area contributed by atoms with Crippen LogP contribution in [0.3, 0.4) is 0 Å². The van der Waals surface area contributed by atoms with Gasteiger partial charge in [0.2, 0.25) is 0 Å². The molecule has 138 valence electrons. The number of aryl methyl sites for hydroxylation is 1. The zero-order valence-electron chi connectivity index (χ0n) is 15.6. The van der Waals surface area contributed by atoms with Crippen molar-refractivity contribution in [3.8, 4) is 5.75 Å². The number of carbonyl (C=O) groups excluding carboxylic acids is 1. The maximum absolute atomic E-state index is 12.6. The minimum Gasteiger partial charge on any atom is -0.494 e. The molecule has 1 saturated heterocycles. The smallest absolute Gasteiger partial charge is 0.321 e. The molecule has 0 atom stereocenters. The topological polar surface area (TPSA) is 44.8 Å². The number of para-hydroxylation sites is 1. The third-order valence-corrected chi connectivity index (χ3v) is 4.72. The number of hydrogen-bond acceptors (Lipinski definition) is 3. The van der Waals surface area contributed by atoms with Gasteiger partial charge in [0.05, 0.1) is 6.61 Å². The van der Waals surface area contributed by atoms with Gasteiger partial charge >= 0.3 is 6.03 Å². The van der Waals surface area contributed by atoms with E-state index in [0.29, 0.717) is 19.7 Å². The normalized spacial score (nSPS) is 14.2. The van der Waals surface area contributed by atoms with Crippen molar-refractivity contribution in [2.24, 2.45) is 0 Å². The Morgan fingerprint density at radius 1 is 1.00 bits per heavy atom. The summed E-state index contributed by atoms with van der Waals surface area (Å²) in [5, 5.41) is 3.06. The molecule has 0 radical (unpaired) electrons. The summed E-state index contributed by atoms with van der Waals surface area (Å²) in [6, 6.07) is 16.1. The van der Waals surface area contributed by atoms with Crippen LogP contribution in [0.2, 0.25) is 0 Å². The van der Waals surface area contributed by atoms with Gasteiger partial charge in [0.25, 0.3) is 0 Å². The molecule has 1 fully saturated rings. The number of nitrogens with zero attached hydrogens (tertiary/aromatic N) is 2. The Labute approximate surface area is 155 Å². The first-order valence-corrected chi connectivity index (χ1v) is 9.33. The van der Waals surface area contributed by atoms with Crippen LogP contribution in [0.1, 0.15) is 19.4 Å². The highest BCUT2D eigenvalue weighted by Gasteiger charge is 2.21. The molecule has 5 nitrogen and oxygen atoms in total. The molecular formula is C21H27N3O2. The molecule has 1 heterocycles. The number of rotatable bonds is 5. The number of amides is 2. The van der Waals surface area contributed by atoms with Crippen molar-refractivity contribution < 1.29 is 9.53 Å². The Morgan fingerprint density at radius 3 is 2.35 bits per heavy atom. The number of hydrogen-bond donors (Lipinski definition) is 1. The number of urea groups is 1. The fourth-order valence-corrected chi connectivity index (χ4v) is 3.23. The van der Waals surface area contributed by atoms with Crippen molar-refractivity contribution in [2.75, 3.05) is 43.0 Å². The Bertz CT molecular complexity index is 722. The number of ether oxygens (including phenoxy) is 1. The summed E-state index contributed by atoms with van der Waals surface area (Å²) in [5.74, 6) is 0.892. The van der Waals surface area contributed by atoms with E-state index < -0.39 is 0 Å². The number of anilines is 2. The quantitative estimate of drug-likeness (QED) is 0.884. The molecule has 26 heavy (non-hydrogen) atoms. The minimum absolute atomic E-state index is 0.0164. The largest absolute Gasteiger partial charge is 0.494 e. The molecule has 3 rings (SSSR count). The molecular weight excluding hydrogens is 326 g/mol. The second kappa shape index (κ2) is 8.61. The lowest BCUT2D eigenvalue weighted by atomic mass is 10.1. The summed E-state index contributed by atoms with van der Waals surface area (Å²) in [5.41, 5.74) is 3.24. The molecule has 0 aliphatic carbocycles. The highest BCUT2D eigenvalue weighted by Crippen LogP contribution is 2.21. The predicted molar refractivity (Wildman–Crippen MR) is 106 cm³/mol. The molecule has 0 aromatic heterocycles. The van der Waals surface area contributed by atoms with E-state index in [1.165, 1.54) is 5.69 Å². The lowest BCUT2D eigenvalue weighted by Crippen LogP contribution is -2.50. The summed E-state index contributed by atoms with van der Waals surface area (Å²) in [6.07, 6.45) is 0.905. The van der Waals surface area contributed by atoms with Gasteiger partial charge in [0.1, 0.15) is 5.75 Å². The molecule has 2 aromatic carbocycles. The van der Waals surface area contributed by atoms with Crippen molar-refractivity contribution in [3.63, 3.8) is 0 Å². The molecule has 0 bridgehead atoms. The third-order valence-electron chi connectivity index (χ3n) is 4.72. The highest BCUT2D eigenvalue weighted by atomic mass is 16.5. The van der Waals surface area contributed by atoms with Gasteiger partial charge in [-0.05, 0) is 49.2 Å². The first-order valence-electron chi connectivity index (χ1n) is 9.33. The van der Waals surface area contributed by atoms with Crippen LogP contribution >= 0.6 is 0 Å². The van der Waals surface area contributed by atoms with E-state index >= 15 is 0 Å². The van der Waals surface area contributed by atoms with Crippen LogP contribution in [0.15, 0.2) is 48.5 Å². The molecule has 1 aliphatic heterocycles. The SMILES string of the molecule is CCOc1ccc(N2CCN(C(=O)Nc3ccccc3CC)CC2)cc1. The summed E-state index contributed by atoms with van der Waals surface area (Å²) >= 11 is 0. The fourth-order valence-electron chi connectivity index (χ4n) is 3.23. The lowest BCUT2D eigenvalue weighted by Gasteiger charge is -2.36. The molecule has 1 aliphatic rings. The van der Waals surface area contributed by atoms with E-state index in [0.717, 1.165) is 36.5 Å². The van der Waals surface area contributed by atoms with E-state index in [-0.39, 0.29) is 6.03 Å². The molecule has 0 saturated carbocycles. The fraction of sp³-hybridized carbons (Fsp3) is 0.381. The Kier molecular flexibility index (Phi) is 6.00. The van der Waals surface area contributed by atoms with E-state index in [2.05, 4.69) is 35.3 Å². The Morgan fingerprint density at radius 2 is 1.69 bits per heavy atom. The Balaban J connectivity index is 1.55. The van der Waals surface area contributed by atoms with Gasteiger partial charge < -0.3 is 19.9 Å². The molecule has 2 aromatic rings. The van der Waals surface area contributed by atoms with Crippen LogP contribution in [-0.4, -0.2) is 43.7 Å². The maximum atomic E-state index is 12.6. The highest BCUT2D eigenvalue weighted by molar-refractivity contribution is 5.90. The number of piperazine rings is 1. The van der Waals surface area contributed by atoms with Gasteiger partial charge in [0.15, 0.2) is 0 Å². The molecule has 2 amide bonds. The maximum Gasteiger partial charge on any atom is 0.321 e. The van der Waals surface area contributed by atoms with Crippen LogP contribution in [0, 0.1) is 0 Å². The van der Waals surface area contributed by atoms with Crippen LogP contribution in [0.4, 0.5) is 16.2 Å². The van der Waals surface area contributed by atoms with Crippen molar-refractivity contribution in [2.45, 2.75) is 20.3 Å². The van der Waals surface area contributed by atoms with Crippen molar-refractivity contribution in [3.05, 3.63) is 54.1 Å². The van der Waals surface area contributed by atoms with Gasteiger partial charge in [-0.25, -0.2) is 4.79 Å². The van der Waals surface area contributed by atoms with Gasteiger partial charge in [0, 0.05) is 37.6 Å². The van der Waals surface area contributed by atoms with Gasteiger partial charge in [-0.1, -0.05) is 25.1 Å². The number of nitrogens with one attached hydrogen (secondary N) is 1. The Hall–Kier alpha value is -2.69. The average molecular weight is 353 g/mol. The molecule has 5 heteroatoms. The van der Waals surface area contributed by atoms with E-state index in [4.69, 9.17) is 4.74 Å². The zero-order valence-corrected chi connectivity index (χ0v) is 15.6. The summed E-state index contributed by atoms with van der Waals surface area (Å²) in [6.45, 7) is 7.85. The average Bonchev–Trinajstić information content (AvgIpc) is 2.69. The summed E-state index contributed by atoms with van der Waals surface area (Å²) in [4.78, 5) is 16.8. The van der Waals surface area contributed by atoms with Crippen LogP contribution in [-0.2, 0) is 6.42 Å². The van der Waals surface area contributed by atoms with Gasteiger partial charge in [-0.2, -0.15) is 0 Å². The standard InChI is InChI=1S/C21H27N3O2/c1-3-17-7-5-6-8-20(17)22-21(25)24-15-13-23(14-16-24)18-9-11-19(12-10-18)26-4-2/h5-12H,3-4,13-16H2,1-2H3,(H,22,25). The van der Waals surface area contributed by atoms with E-state index in [1.807, 2.05) is 42.2 Å². The van der Waals surface area contributed by atoms with E-state index in [9.17, 15) is 4.79 Å². The van der Waals surface area contributed by atoms with Crippen molar-refractivity contribution in [1.29, 1.82) is 0 Å². The number of benzene rings is 2. The molecule has 0 spiro atoms. The third kappa shape index (κ3) is 4.28. The first-order chi connectivity index (χ1) is 12.7. The van der Waals surface area contributed by atoms with E-state index in [1.54, 1.807) is 0 Å². The van der Waals surface area contributed by atoms with Crippen LogP contribution in [0.5, 0.6) is 5.75 Å². The van der Waals surface area contributed by atoms with Crippen molar-refractivity contribution >= 4 is 17.4 Å². The molecule has 0 unspecified atom stereocenters. The molecule has 1 N–H and O–H groups in total. The number of carbonyl (C=O) groups is 1. The zero-order chi connectivity index (χ0) is 18.4. The summed E-state index contributed by atoms with van der Waals surface area (Å²) < 4.78 is 5.49. The van der Waals surface area contributed by atoms with Crippen molar-refractivity contribution in [1.82, 2.24) is 4.90 Å². The first kappa shape index (κ1) is 18.1. The second-order valence-electron chi connectivity index (χ2n) is 6.34. The van der Waals surface area contributed by atoms with Gasteiger partial charge in [-0.3, -0.25) is 0 Å². The van der Waals surface area contributed by atoms with Crippen LogP contribution in [0.25, 0.3) is 0 Å². The summed E-state index contributed by atoms with van der Waals surface area (Å²) in [7, 11) is 0. The second-order valence-corrected chi connectivity index (χ2v) is 6.34. The van der Waals surface area contributed by atoms with Gasteiger partial charge in [-0.15, -0.1) is 0 Å².